The molecule has 7 nitrogen and oxygen atoms in total. The normalized spacial score (nSPS) is 10.3. The van der Waals surface area contributed by atoms with Crippen molar-refractivity contribution in [2.75, 3.05) is 37.4 Å². The first-order valence-corrected chi connectivity index (χ1v) is 10.8. The van der Waals surface area contributed by atoms with E-state index in [-0.39, 0.29) is 18.4 Å². The van der Waals surface area contributed by atoms with Crippen molar-refractivity contribution in [3.05, 3.63) is 90.0 Å². The van der Waals surface area contributed by atoms with Crippen LogP contribution in [0.5, 0.6) is 5.75 Å². The van der Waals surface area contributed by atoms with Crippen LogP contribution in [-0.4, -0.2) is 38.6 Å². The Morgan fingerprint density at radius 3 is 2.42 bits per heavy atom. The zero-order valence-electron chi connectivity index (χ0n) is 18.7. The molecule has 2 amide bonds. The number of amides is 2. The number of methoxy groups -OCH3 is 1. The van der Waals surface area contributed by atoms with E-state index in [1.165, 1.54) is 0 Å². The third-order valence-electron chi connectivity index (χ3n) is 4.78. The first-order valence-electron chi connectivity index (χ1n) is 10.8. The number of hydrogen-bond acceptors (Lipinski definition) is 5. The standard InChI is InChI=1S/C26H29N3O4/c1-32-16-6-15-27-26(31)21-11-13-22(14-12-21)28-18-25(30)29-23-9-5-10-24(17-23)33-19-20-7-3-2-4-8-20/h2-5,7-14,17,28H,6,15-16,18-19H2,1H3,(H,27,31)(H,29,30). The first-order chi connectivity index (χ1) is 16.1. The summed E-state index contributed by atoms with van der Waals surface area (Å²) in [6.45, 7) is 1.72. The maximum absolute atomic E-state index is 12.3. The van der Waals surface area contributed by atoms with E-state index in [2.05, 4.69) is 16.0 Å². The largest absolute Gasteiger partial charge is 0.489 e. The fraction of sp³-hybridized carbons (Fsp3) is 0.231. The minimum atomic E-state index is -0.185. The van der Waals surface area contributed by atoms with Crippen LogP contribution < -0.4 is 20.7 Å². The van der Waals surface area contributed by atoms with Gasteiger partial charge in [-0.3, -0.25) is 9.59 Å². The minimum Gasteiger partial charge on any atom is -0.489 e. The summed E-state index contributed by atoms with van der Waals surface area (Å²) in [5.74, 6) is 0.362. The van der Waals surface area contributed by atoms with Gasteiger partial charge in [-0.25, -0.2) is 0 Å². The average Bonchev–Trinajstić information content (AvgIpc) is 2.85. The zero-order chi connectivity index (χ0) is 23.3. The fourth-order valence-corrected chi connectivity index (χ4v) is 3.05. The highest BCUT2D eigenvalue weighted by atomic mass is 16.5. The van der Waals surface area contributed by atoms with Crippen LogP contribution in [-0.2, 0) is 16.1 Å². The number of ether oxygens (including phenoxy) is 2. The minimum absolute atomic E-state index is 0.0949. The second-order valence-electron chi connectivity index (χ2n) is 7.38. The molecule has 0 spiro atoms. The van der Waals surface area contributed by atoms with E-state index in [1.54, 1.807) is 37.4 Å². The molecule has 0 saturated heterocycles. The molecule has 3 rings (SSSR count). The molecule has 33 heavy (non-hydrogen) atoms. The maximum Gasteiger partial charge on any atom is 0.251 e. The molecular formula is C26H29N3O4. The van der Waals surface area contributed by atoms with E-state index in [9.17, 15) is 9.59 Å². The molecule has 0 saturated carbocycles. The first kappa shape index (κ1) is 23.8. The van der Waals surface area contributed by atoms with Crippen LogP contribution in [0.1, 0.15) is 22.3 Å². The van der Waals surface area contributed by atoms with Gasteiger partial charge in [0.2, 0.25) is 5.91 Å². The summed E-state index contributed by atoms with van der Waals surface area (Å²) in [5, 5.41) is 8.76. The SMILES string of the molecule is COCCCNC(=O)c1ccc(NCC(=O)Nc2cccc(OCc3ccccc3)c2)cc1. The number of benzene rings is 3. The van der Waals surface area contributed by atoms with Crippen molar-refractivity contribution < 1.29 is 19.1 Å². The van der Waals surface area contributed by atoms with Gasteiger partial charge in [0.25, 0.3) is 5.91 Å². The monoisotopic (exact) mass is 447 g/mol. The molecule has 0 aliphatic rings. The Bertz CT molecular complexity index is 1020. The zero-order valence-corrected chi connectivity index (χ0v) is 18.7. The number of carbonyl (C=O) groups is 2. The second-order valence-corrected chi connectivity index (χ2v) is 7.38. The second kappa shape index (κ2) is 12.9. The molecule has 0 aromatic heterocycles. The third kappa shape index (κ3) is 8.31. The summed E-state index contributed by atoms with van der Waals surface area (Å²) in [6, 6.07) is 24.2. The van der Waals surface area contributed by atoms with E-state index < -0.39 is 0 Å². The van der Waals surface area contributed by atoms with Crippen molar-refractivity contribution in [2.24, 2.45) is 0 Å². The van der Waals surface area contributed by atoms with Crippen LogP contribution in [0.3, 0.4) is 0 Å². The van der Waals surface area contributed by atoms with Crippen molar-refractivity contribution in [3.63, 3.8) is 0 Å². The van der Waals surface area contributed by atoms with E-state index in [0.29, 0.717) is 36.8 Å². The molecule has 0 unspecified atom stereocenters. The van der Waals surface area contributed by atoms with Gasteiger partial charge in [0.15, 0.2) is 0 Å². The fourth-order valence-electron chi connectivity index (χ4n) is 3.05. The molecule has 0 aliphatic carbocycles. The molecule has 0 bridgehead atoms. The lowest BCUT2D eigenvalue weighted by Crippen LogP contribution is -2.25. The topological polar surface area (TPSA) is 88.7 Å². The van der Waals surface area contributed by atoms with Crippen molar-refractivity contribution in [2.45, 2.75) is 13.0 Å². The molecule has 0 aliphatic heterocycles. The Balaban J connectivity index is 1.43. The van der Waals surface area contributed by atoms with Gasteiger partial charge in [0.05, 0.1) is 6.54 Å². The van der Waals surface area contributed by atoms with Gasteiger partial charge in [-0.05, 0) is 48.4 Å². The summed E-state index contributed by atoms with van der Waals surface area (Å²) in [4.78, 5) is 24.4. The Morgan fingerprint density at radius 2 is 1.67 bits per heavy atom. The van der Waals surface area contributed by atoms with Gasteiger partial charge in [-0.2, -0.15) is 0 Å². The Labute approximate surface area is 194 Å². The summed E-state index contributed by atoms with van der Waals surface area (Å²) >= 11 is 0. The quantitative estimate of drug-likeness (QED) is 0.364. The molecule has 0 radical (unpaired) electrons. The third-order valence-corrected chi connectivity index (χ3v) is 4.78. The lowest BCUT2D eigenvalue weighted by Gasteiger charge is -2.11. The van der Waals surface area contributed by atoms with E-state index in [0.717, 1.165) is 17.7 Å². The van der Waals surface area contributed by atoms with Crippen LogP contribution in [0.25, 0.3) is 0 Å². The Kier molecular flexibility index (Phi) is 9.29. The van der Waals surface area contributed by atoms with Crippen molar-refractivity contribution in [3.8, 4) is 5.75 Å². The number of carbonyl (C=O) groups excluding carboxylic acids is 2. The van der Waals surface area contributed by atoms with Gasteiger partial charge < -0.3 is 25.4 Å². The molecule has 0 heterocycles. The Morgan fingerprint density at radius 1 is 0.879 bits per heavy atom. The predicted octanol–water partition coefficient (Wildman–Crippen LogP) is 4.08. The van der Waals surface area contributed by atoms with Crippen LogP contribution in [0.2, 0.25) is 0 Å². The van der Waals surface area contributed by atoms with Crippen LogP contribution >= 0.6 is 0 Å². The number of hydrogen-bond donors (Lipinski definition) is 3. The molecule has 3 N–H and O–H groups in total. The lowest BCUT2D eigenvalue weighted by atomic mass is 10.2. The smallest absolute Gasteiger partial charge is 0.251 e. The van der Waals surface area contributed by atoms with E-state index in [1.807, 2.05) is 48.5 Å². The average molecular weight is 448 g/mol. The highest BCUT2D eigenvalue weighted by Crippen LogP contribution is 2.19. The van der Waals surface area contributed by atoms with Crippen LogP contribution in [0.15, 0.2) is 78.9 Å². The molecule has 0 atom stereocenters. The molecule has 0 fully saturated rings. The summed E-state index contributed by atoms with van der Waals surface area (Å²) in [7, 11) is 1.63. The number of rotatable bonds is 12. The van der Waals surface area contributed by atoms with Gasteiger partial charge in [0, 0.05) is 43.3 Å². The number of anilines is 2. The molecule has 3 aromatic rings. The number of nitrogens with one attached hydrogen (secondary N) is 3. The van der Waals surface area contributed by atoms with Crippen molar-refractivity contribution in [1.82, 2.24) is 5.32 Å². The van der Waals surface area contributed by atoms with Crippen molar-refractivity contribution >= 4 is 23.2 Å². The Hall–Kier alpha value is -3.84. The highest BCUT2D eigenvalue weighted by Gasteiger charge is 2.07. The molecule has 3 aromatic carbocycles. The van der Waals surface area contributed by atoms with Gasteiger partial charge in [0.1, 0.15) is 12.4 Å². The molecule has 172 valence electrons. The van der Waals surface area contributed by atoms with Gasteiger partial charge in [-0.1, -0.05) is 36.4 Å². The lowest BCUT2D eigenvalue weighted by molar-refractivity contribution is -0.114. The summed E-state index contributed by atoms with van der Waals surface area (Å²) < 4.78 is 10.8. The van der Waals surface area contributed by atoms with Crippen LogP contribution in [0, 0.1) is 0 Å². The maximum atomic E-state index is 12.3. The van der Waals surface area contributed by atoms with Gasteiger partial charge >= 0.3 is 0 Å². The van der Waals surface area contributed by atoms with E-state index >= 15 is 0 Å². The van der Waals surface area contributed by atoms with E-state index in [4.69, 9.17) is 9.47 Å². The molecule has 7 heteroatoms. The van der Waals surface area contributed by atoms with Crippen LogP contribution in [0.4, 0.5) is 11.4 Å². The predicted molar refractivity (Wildman–Crippen MR) is 130 cm³/mol. The molecular weight excluding hydrogens is 418 g/mol. The van der Waals surface area contributed by atoms with Crippen molar-refractivity contribution in [1.29, 1.82) is 0 Å². The highest BCUT2D eigenvalue weighted by molar-refractivity contribution is 5.95. The van der Waals surface area contributed by atoms with Gasteiger partial charge in [-0.15, -0.1) is 0 Å². The summed E-state index contributed by atoms with van der Waals surface area (Å²) in [6.07, 6.45) is 0.763. The summed E-state index contributed by atoms with van der Waals surface area (Å²) in [5.41, 5.74) is 3.05.